The Morgan fingerprint density at radius 1 is 1.31 bits per heavy atom. The van der Waals surface area contributed by atoms with E-state index in [0.717, 1.165) is 5.71 Å². The van der Waals surface area contributed by atoms with Crippen molar-refractivity contribution in [1.82, 2.24) is 0 Å². The summed E-state index contributed by atoms with van der Waals surface area (Å²) in [6.45, 7) is 3.82. The first-order valence-corrected chi connectivity index (χ1v) is 5.08. The lowest BCUT2D eigenvalue weighted by atomic mass is 10.4. The van der Waals surface area contributed by atoms with Gasteiger partial charge >= 0.3 is 0 Å². The van der Waals surface area contributed by atoms with Gasteiger partial charge in [-0.25, -0.2) is 0 Å². The highest BCUT2D eigenvalue weighted by molar-refractivity contribution is 7.99. The monoisotopic (exact) mass is 195 g/mol. The average Bonchev–Trinajstić information content (AvgIpc) is 2.14. The van der Waals surface area contributed by atoms with Gasteiger partial charge in [0, 0.05) is 4.90 Å². The van der Waals surface area contributed by atoms with Gasteiger partial charge in [0.25, 0.3) is 0 Å². The maximum absolute atomic E-state index is 5.05. The molecule has 1 aromatic carbocycles. The van der Waals surface area contributed by atoms with E-state index in [0.29, 0.717) is 5.94 Å². The van der Waals surface area contributed by atoms with Gasteiger partial charge in [-0.3, -0.25) is 0 Å². The van der Waals surface area contributed by atoms with Crippen molar-refractivity contribution in [1.29, 1.82) is 0 Å². The molecule has 0 heterocycles. The predicted octanol–water partition coefficient (Wildman–Crippen LogP) is 3.15. The number of nitrogens with zero attached hydrogens (tertiary/aromatic N) is 1. The SMILES string of the molecule is CC(C)=NOCSc1ccccc1. The molecule has 0 unspecified atom stereocenters. The van der Waals surface area contributed by atoms with Crippen LogP contribution in [0, 0.1) is 0 Å². The Morgan fingerprint density at radius 2 is 2.00 bits per heavy atom. The van der Waals surface area contributed by atoms with E-state index in [4.69, 9.17) is 4.84 Å². The molecule has 1 aromatic rings. The van der Waals surface area contributed by atoms with Gasteiger partial charge in [-0.15, -0.1) is 0 Å². The molecular weight excluding hydrogens is 182 g/mol. The maximum Gasteiger partial charge on any atom is 0.167 e. The summed E-state index contributed by atoms with van der Waals surface area (Å²) in [5.74, 6) is 0.565. The minimum Gasteiger partial charge on any atom is -0.385 e. The number of hydrogen-bond donors (Lipinski definition) is 0. The molecule has 70 valence electrons. The van der Waals surface area contributed by atoms with E-state index >= 15 is 0 Å². The summed E-state index contributed by atoms with van der Waals surface area (Å²) in [6.07, 6.45) is 0. The molecule has 13 heavy (non-hydrogen) atoms. The molecule has 0 aliphatic heterocycles. The average molecular weight is 195 g/mol. The molecule has 0 amide bonds. The van der Waals surface area contributed by atoms with Gasteiger partial charge in [0.2, 0.25) is 0 Å². The standard InChI is InChI=1S/C10H13NOS/c1-9(2)11-12-8-13-10-6-4-3-5-7-10/h3-7H,8H2,1-2H3. The molecule has 0 radical (unpaired) electrons. The second kappa shape index (κ2) is 5.65. The van der Waals surface area contributed by atoms with Gasteiger partial charge < -0.3 is 4.84 Å². The molecule has 0 saturated carbocycles. The fraction of sp³-hybridized carbons (Fsp3) is 0.300. The molecule has 0 aliphatic rings. The number of thioether (sulfide) groups is 1. The Bertz CT molecular complexity index is 268. The molecule has 0 N–H and O–H groups in total. The van der Waals surface area contributed by atoms with Crippen molar-refractivity contribution in [3.63, 3.8) is 0 Å². The largest absolute Gasteiger partial charge is 0.385 e. The summed E-state index contributed by atoms with van der Waals surface area (Å²) in [5, 5.41) is 3.84. The van der Waals surface area contributed by atoms with Crippen LogP contribution in [0.5, 0.6) is 0 Å². The summed E-state index contributed by atoms with van der Waals surface area (Å²) in [6, 6.07) is 10.1. The first kappa shape index (κ1) is 10.1. The second-order valence-corrected chi connectivity index (χ2v) is 3.74. The fourth-order valence-corrected chi connectivity index (χ4v) is 1.36. The van der Waals surface area contributed by atoms with Crippen LogP contribution in [0.25, 0.3) is 0 Å². The van der Waals surface area contributed by atoms with Crippen molar-refractivity contribution < 1.29 is 4.84 Å². The molecule has 0 saturated heterocycles. The smallest absolute Gasteiger partial charge is 0.167 e. The second-order valence-electron chi connectivity index (χ2n) is 2.74. The molecular formula is C10H13NOS. The highest BCUT2D eigenvalue weighted by Crippen LogP contribution is 2.16. The molecule has 0 bridgehead atoms. The van der Waals surface area contributed by atoms with E-state index < -0.39 is 0 Å². The van der Waals surface area contributed by atoms with Gasteiger partial charge in [-0.2, -0.15) is 0 Å². The summed E-state index contributed by atoms with van der Waals surface area (Å²) >= 11 is 1.63. The van der Waals surface area contributed by atoms with Crippen LogP contribution >= 0.6 is 11.8 Å². The van der Waals surface area contributed by atoms with Crippen molar-refractivity contribution in [2.75, 3.05) is 5.94 Å². The lowest BCUT2D eigenvalue weighted by molar-refractivity contribution is 0.196. The van der Waals surface area contributed by atoms with Crippen LogP contribution in [0.1, 0.15) is 13.8 Å². The Labute approximate surface area is 83.0 Å². The first-order chi connectivity index (χ1) is 6.29. The van der Waals surface area contributed by atoms with Crippen LogP contribution < -0.4 is 0 Å². The molecule has 0 fully saturated rings. The maximum atomic E-state index is 5.05. The predicted molar refractivity (Wildman–Crippen MR) is 57.0 cm³/mol. The molecule has 3 heteroatoms. The minimum absolute atomic E-state index is 0.565. The normalized spacial score (nSPS) is 9.38. The lowest BCUT2D eigenvalue weighted by Gasteiger charge is -1.99. The molecule has 2 nitrogen and oxygen atoms in total. The zero-order valence-corrected chi connectivity index (χ0v) is 8.67. The topological polar surface area (TPSA) is 21.6 Å². The van der Waals surface area contributed by atoms with Crippen LogP contribution in [-0.2, 0) is 4.84 Å². The number of rotatable bonds is 4. The van der Waals surface area contributed by atoms with E-state index in [2.05, 4.69) is 17.3 Å². The van der Waals surface area contributed by atoms with Crippen molar-refractivity contribution in [3.05, 3.63) is 30.3 Å². The molecule has 0 spiro atoms. The van der Waals surface area contributed by atoms with E-state index in [9.17, 15) is 0 Å². The van der Waals surface area contributed by atoms with Gasteiger partial charge in [-0.1, -0.05) is 35.1 Å². The summed E-state index contributed by atoms with van der Waals surface area (Å²) in [7, 11) is 0. The van der Waals surface area contributed by atoms with Crippen molar-refractivity contribution in [3.8, 4) is 0 Å². The minimum atomic E-state index is 0.565. The van der Waals surface area contributed by atoms with E-state index in [-0.39, 0.29) is 0 Å². The molecule has 0 aliphatic carbocycles. The van der Waals surface area contributed by atoms with Gasteiger partial charge in [0.15, 0.2) is 5.94 Å². The fourth-order valence-electron chi connectivity index (χ4n) is 0.767. The molecule has 1 rings (SSSR count). The third-order valence-electron chi connectivity index (χ3n) is 1.27. The highest BCUT2D eigenvalue weighted by atomic mass is 32.2. The number of hydrogen-bond acceptors (Lipinski definition) is 3. The van der Waals surface area contributed by atoms with Crippen LogP contribution in [0.15, 0.2) is 40.4 Å². The van der Waals surface area contributed by atoms with Crippen LogP contribution in [0.2, 0.25) is 0 Å². The highest BCUT2D eigenvalue weighted by Gasteiger charge is 1.90. The first-order valence-electron chi connectivity index (χ1n) is 4.10. The third-order valence-corrected chi connectivity index (χ3v) is 2.10. The zero-order chi connectivity index (χ0) is 9.52. The van der Waals surface area contributed by atoms with Gasteiger partial charge in [0.05, 0.1) is 5.71 Å². The van der Waals surface area contributed by atoms with Gasteiger partial charge in [0.1, 0.15) is 0 Å². The number of benzene rings is 1. The van der Waals surface area contributed by atoms with Gasteiger partial charge in [-0.05, 0) is 26.0 Å². The summed E-state index contributed by atoms with van der Waals surface area (Å²) < 4.78 is 0. The van der Waals surface area contributed by atoms with Crippen molar-refractivity contribution in [2.24, 2.45) is 5.16 Å². The van der Waals surface area contributed by atoms with Crippen LogP contribution in [-0.4, -0.2) is 11.7 Å². The molecule has 0 atom stereocenters. The van der Waals surface area contributed by atoms with Crippen molar-refractivity contribution in [2.45, 2.75) is 18.7 Å². The summed E-state index contributed by atoms with van der Waals surface area (Å²) in [5.41, 5.74) is 0.939. The van der Waals surface area contributed by atoms with Crippen LogP contribution in [0.4, 0.5) is 0 Å². The quantitative estimate of drug-likeness (QED) is 0.242. The summed E-state index contributed by atoms with van der Waals surface area (Å²) in [4.78, 5) is 6.25. The van der Waals surface area contributed by atoms with Crippen molar-refractivity contribution >= 4 is 17.5 Å². The lowest BCUT2D eigenvalue weighted by Crippen LogP contribution is -1.86. The Balaban J connectivity index is 2.25. The van der Waals surface area contributed by atoms with E-state index in [1.54, 1.807) is 11.8 Å². The number of oxime groups is 1. The third kappa shape index (κ3) is 4.58. The Hall–Kier alpha value is -0.960. The van der Waals surface area contributed by atoms with E-state index in [1.807, 2.05) is 32.0 Å². The van der Waals surface area contributed by atoms with E-state index in [1.165, 1.54) is 4.90 Å². The Morgan fingerprint density at radius 3 is 2.62 bits per heavy atom. The van der Waals surface area contributed by atoms with Crippen LogP contribution in [0.3, 0.4) is 0 Å². The zero-order valence-electron chi connectivity index (χ0n) is 7.86. The Kier molecular flexibility index (Phi) is 4.40. The molecule has 0 aromatic heterocycles.